The van der Waals surface area contributed by atoms with Crippen LogP contribution in [0, 0.1) is 0 Å². The molecule has 0 atom stereocenters. The van der Waals surface area contributed by atoms with E-state index in [9.17, 15) is 9.90 Å². The van der Waals surface area contributed by atoms with E-state index in [-0.39, 0.29) is 31.4 Å². The van der Waals surface area contributed by atoms with E-state index in [1.807, 2.05) is 6.08 Å². The zero-order chi connectivity index (χ0) is 16.3. The fraction of sp³-hybridized carbons (Fsp3) is 0.450. The molecule has 0 aliphatic carbocycles. The molecule has 0 unspecified atom stereocenters. The van der Waals surface area contributed by atoms with E-state index in [0.29, 0.717) is 6.42 Å². The molecule has 0 saturated heterocycles. The minimum Gasteiger partial charge on any atom is -0.870 e. The Hall–Kier alpha value is -1.25. The van der Waals surface area contributed by atoms with Crippen molar-refractivity contribution in [3.63, 3.8) is 0 Å². The predicted molar refractivity (Wildman–Crippen MR) is 95.3 cm³/mol. The van der Waals surface area contributed by atoms with Crippen molar-refractivity contribution in [1.82, 2.24) is 0 Å². The standard InChI is InChI=1S/C20H30O2.H2O.Zn/c1-2-3-4-5-6-7-8-9-10-11-12-13-14-15-16-17-18-19-20(21)22;;/h3-4,6-7,9-10,12-13,15-16H,2,5,8,11,14,17-19H2,1H3,(H,21,22);1H2;/q;;+2/p-2/b4-3-,7-6-,10-9-,13-12-,16-15-;;. The van der Waals surface area contributed by atoms with E-state index in [2.05, 4.69) is 61.6 Å². The van der Waals surface area contributed by atoms with Crippen molar-refractivity contribution in [2.45, 2.75) is 58.3 Å². The van der Waals surface area contributed by atoms with Crippen LogP contribution in [0.2, 0.25) is 0 Å². The molecular weight excluding hydrogens is 354 g/mol. The number of carboxylic acids is 1. The van der Waals surface area contributed by atoms with E-state index in [1.54, 1.807) is 0 Å². The molecule has 4 heteroatoms. The Bertz CT molecular complexity index is 407. The molecule has 0 aromatic carbocycles. The van der Waals surface area contributed by atoms with E-state index < -0.39 is 5.97 Å². The number of unbranched alkanes of at least 4 members (excludes halogenated alkanes) is 1. The fourth-order valence-electron chi connectivity index (χ4n) is 1.73. The zero-order valence-corrected chi connectivity index (χ0v) is 17.9. The number of rotatable bonds is 13. The minimum absolute atomic E-state index is 0. The van der Waals surface area contributed by atoms with Crippen LogP contribution in [0.15, 0.2) is 60.8 Å². The summed E-state index contributed by atoms with van der Waals surface area (Å²) in [6, 6.07) is 0. The van der Waals surface area contributed by atoms with Gasteiger partial charge in [0.1, 0.15) is 0 Å². The number of carbonyl (C=O) groups is 1. The summed E-state index contributed by atoms with van der Waals surface area (Å²) in [5.74, 6) is -0.965. The molecule has 0 spiro atoms. The topological polar surface area (TPSA) is 70.1 Å². The van der Waals surface area contributed by atoms with Gasteiger partial charge < -0.3 is 15.4 Å². The molecule has 24 heavy (non-hydrogen) atoms. The molecule has 0 fully saturated rings. The van der Waals surface area contributed by atoms with Gasteiger partial charge in [0, 0.05) is 5.97 Å². The molecule has 3 nitrogen and oxygen atoms in total. The summed E-state index contributed by atoms with van der Waals surface area (Å²) in [7, 11) is 0. The second-order valence-corrected chi connectivity index (χ2v) is 4.97. The van der Waals surface area contributed by atoms with Gasteiger partial charge in [-0.3, -0.25) is 0 Å². The Morgan fingerprint density at radius 3 is 1.50 bits per heavy atom. The molecule has 0 heterocycles. The Morgan fingerprint density at radius 1 is 0.750 bits per heavy atom. The summed E-state index contributed by atoms with van der Waals surface area (Å²) >= 11 is 0. The second-order valence-electron chi connectivity index (χ2n) is 4.97. The van der Waals surface area contributed by atoms with Crippen LogP contribution in [0.1, 0.15) is 58.3 Å². The van der Waals surface area contributed by atoms with E-state index >= 15 is 0 Å². The van der Waals surface area contributed by atoms with Gasteiger partial charge in [-0.25, -0.2) is 0 Å². The fourth-order valence-corrected chi connectivity index (χ4v) is 1.73. The van der Waals surface area contributed by atoms with Gasteiger partial charge >= 0.3 is 19.5 Å². The summed E-state index contributed by atoms with van der Waals surface area (Å²) in [5.41, 5.74) is 0. The van der Waals surface area contributed by atoms with Gasteiger partial charge in [0.15, 0.2) is 0 Å². The molecule has 0 rings (SSSR count). The van der Waals surface area contributed by atoms with Crippen molar-refractivity contribution in [3.05, 3.63) is 60.8 Å². The first-order valence-electron chi connectivity index (χ1n) is 8.22. The summed E-state index contributed by atoms with van der Waals surface area (Å²) in [6.07, 6.45) is 28.1. The van der Waals surface area contributed by atoms with Crippen LogP contribution in [0.3, 0.4) is 0 Å². The van der Waals surface area contributed by atoms with Crippen molar-refractivity contribution >= 4 is 5.97 Å². The van der Waals surface area contributed by atoms with Crippen LogP contribution < -0.4 is 5.11 Å². The first-order chi connectivity index (χ1) is 10.8. The zero-order valence-electron chi connectivity index (χ0n) is 14.9. The molecule has 0 aromatic heterocycles. The first kappa shape index (κ1) is 27.6. The van der Waals surface area contributed by atoms with Gasteiger partial charge in [-0.15, -0.1) is 0 Å². The maximum Gasteiger partial charge on any atom is 2.00 e. The number of hydrogen-bond donors (Lipinski definition) is 0. The van der Waals surface area contributed by atoms with Gasteiger partial charge in [0.05, 0.1) is 0 Å². The molecule has 0 radical (unpaired) electrons. The van der Waals surface area contributed by atoms with Gasteiger partial charge in [0.2, 0.25) is 0 Å². The third-order valence-electron chi connectivity index (χ3n) is 2.91. The molecule has 0 aliphatic rings. The summed E-state index contributed by atoms with van der Waals surface area (Å²) in [6.45, 7) is 2.14. The Balaban J connectivity index is -0.00000220. The number of carboxylic acid groups (broad SMARTS) is 1. The van der Waals surface area contributed by atoms with E-state index in [1.165, 1.54) is 0 Å². The Labute approximate surface area is 160 Å². The van der Waals surface area contributed by atoms with Crippen molar-refractivity contribution in [2.75, 3.05) is 0 Å². The molecule has 0 aliphatic heterocycles. The first-order valence-corrected chi connectivity index (χ1v) is 8.22. The molecule has 0 amide bonds. The SMILES string of the molecule is CC/C=C\C/C=C\C/C=C\C/C=C\C/C=C\CCCC(=O)[O-].[OH-].[Zn+2]. The Morgan fingerprint density at radius 2 is 1.12 bits per heavy atom. The normalized spacial score (nSPS) is 11.7. The third-order valence-corrected chi connectivity index (χ3v) is 2.91. The number of allylic oxidation sites excluding steroid dienone is 10. The van der Waals surface area contributed by atoms with Crippen LogP contribution in [0.25, 0.3) is 0 Å². The van der Waals surface area contributed by atoms with Crippen molar-refractivity contribution in [3.8, 4) is 0 Å². The van der Waals surface area contributed by atoms with E-state index in [4.69, 9.17) is 0 Å². The maximum atomic E-state index is 10.2. The number of aliphatic carboxylic acids is 1. The van der Waals surface area contributed by atoms with Crippen LogP contribution in [-0.2, 0) is 24.3 Å². The average molecular weight is 384 g/mol. The summed E-state index contributed by atoms with van der Waals surface area (Å²) in [4.78, 5) is 10.2. The Kier molecular flexibility index (Phi) is 27.6. The largest absolute Gasteiger partial charge is 2.00 e. The smallest absolute Gasteiger partial charge is 0.870 e. The van der Waals surface area contributed by atoms with Crippen LogP contribution >= 0.6 is 0 Å². The van der Waals surface area contributed by atoms with Crippen molar-refractivity contribution in [2.24, 2.45) is 0 Å². The maximum absolute atomic E-state index is 10.2. The molecule has 0 saturated carbocycles. The van der Waals surface area contributed by atoms with Crippen LogP contribution in [0.4, 0.5) is 0 Å². The molecular formula is C20H30O3Zn. The summed E-state index contributed by atoms with van der Waals surface area (Å²) < 4.78 is 0. The minimum atomic E-state index is -0.965. The second kappa shape index (κ2) is 24.0. The van der Waals surface area contributed by atoms with Gasteiger partial charge in [-0.1, -0.05) is 67.7 Å². The van der Waals surface area contributed by atoms with Gasteiger partial charge in [-0.2, -0.15) is 0 Å². The van der Waals surface area contributed by atoms with Gasteiger partial charge in [0.25, 0.3) is 0 Å². The van der Waals surface area contributed by atoms with Gasteiger partial charge in [-0.05, 0) is 51.4 Å². The molecule has 1 N–H and O–H groups in total. The van der Waals surface area contributed by atoms with Crippen LogP contribution in [0.5, 0.6) is 0 Å². The third kappa shape index (κ3) is 25.7. The monoisotopic (exact) mass is 382 g/mol. The number of carbonyl (C=O) groups excluding carboxylic acids is 1. The molecule has 130 valence electrons. The average Bonchev–Trinajstić information content (AvgIpc) is 2.50. The summed E-state index contributed by atoms with van der Waals surface area (Å²) in [5, 5.41) is 10.2. The molecule has 0 bridgehead atoms. The van der Waals surface area contributed by atoms with Crippen molar-refractivity contribution in [1.29, 1.82) is 0 Å². The number of hydrogen-bond acceptors (Lipinski definition) is 3. The van der Waals surface area contributed by atoms with Crippen LogP contribution in [-0.4, -0.2) is 11.4 Å². The predicted octanol–water partition coefficient (Wildman–Crippen LogP) is 4.48. The molecule has 0 aromatic rings. The quantitative estimate of drug-likeness (QED) is 0.267. The van der Waals surface area contributed by atoms with E-state index in [0.717, 1.165) is 38.5 Å². The van der Waals surface area contributed by atoms with Crippen molar-refractivity contribution < 1.29 is 34.9 Å².